The summed E-state index contributed by atoms with van der Waals surface area (Å²) in [6, 6.07) is 0. The molecule has 5 atom stereocenters. The highest BCUT2D eigenvalue weighted by Gasteiger charge is 2.39. The standard InChI is InChI=1S/C22H39NO6S/c1-4-5-8-11-17(24)14-15-19-18(20(25)16-21(19)26)12-9-6-7-10-13-22(27)23(2)30(3,28)29/h6,9,14-15,17-21,24-26H,4-5,7-8,10-13,16H2,1-3H3/b9-6+,15-14+/t17-,18+,19+,20-,21+/m0/s1. The van der Waals surface area contributed by atoms with Crippen LogP contribution < -0.4 is 0 Å². The number of unbranched alkanes of at least 4 members (excludes halogenated alkanes) is 3. The van der Waals surface area contributed by atoms with E-state index in [0.29, 0.717) is 32.1 Å². The number of allylic oxidation sites excluding steroid dienone is 2. The lowest BCUT2D eigenvalue weighted by molar-refractivity contribution is -0.125. The van der Waals surface area contributed by atoms with E-state index in [1.807, 2.05) is 18.2 Å². The van der Waals surface area contributed by atoms with Crippen LogP contribution in [0.3, 0.4) is 0 Å². The highest BCUT2D eigenvalue weighted by molar-refractivity contribution is 7.88. The van der Waals surface area contributed by atoms with Crippen LogP contribution in [-0.4, -0.2) is 65.6 Å². The highest BCUT2D eigenvalue weighted by atomic mass is 32.2. The molecule has 0 unspecified atom stereocenters. The van der Waals surface area contributed by atoms with Gasteiger partial charge in [-0.2, -0.15) is 0 Å². The van der Waals surface area contributed by atoms with E-state index in [0.717, 1.165) is 29.8 Å². The van der Waals surface area contributed by atoms with Gasteiger partial charge in [-0.25, -0.2) is 12.7 Å². The fraction of sp³-hybridized carbons (Fsp3) is 0.773. The summed E-state index contributed by atoms with van der Waals surface area (Å²) in [6.45, 7) is 2.11. The van der Waals surface area contributed by atoms with Crippen LogP contribution in [0.4, 0.5) is 0 Å². The van der Waals surface area contributed by atoms with E-state index in [2.05, 4.69) is 6.92 Å². The lowest BCUT2D eigenvalue weighted by Gasteiger charge is -2.19. The normalized spacial score (nSPS) is 25.9. The minimum Gasteiger partial charge on any atom is -0.393 e. The number of hydrogen-bond donors (Lipinski definition) is 3. The molecule has 1 amide bonds. The third kappa shape index (κ3) is 9.29. The van der Waals surface area contributed by atoms with Crippen LogP contribution in [0, 0.1) is 11.8 Å². The molecule has 1 aliphatic carbocycles. The van der Waals surface area contributed by atoms with Gasteiger partial charge in [0.25, 0.3) is 0 Å². The highest BCUT2D eigenvalue weighted by Crippen LogP contribution is 2.36. The number of sulfonamides is 1. The van der Waals surface area contributed by atoms with E-state index in [-0.39, 0.29) is 18.3 Å². The number of amides is 1. The summed E-state index contributed by atoms with van der Waals surface area (Å²) in [7, 11) is -2.25. The van der Waals surface area contributed by atoms with E-state index in [4.69, 9.17) is 0 Å². The molecule has 0 radical (unpaired) electrons. The summed E-state index contributed by atoms with van der Waals surface area (Å²) in [5, 5.41) is 30.6. The van der Waals surface area contributed by atoms with E-state index in [9.17, 15) is 28.5 Å². The number of hydrogen-bond acceptors (Lipinski definition) is 6. The predicted octanol–water partition coefficient (Wildman–Crippen LogP) is 2.38. The molecule has 174 valence electrons. The van der Waals surface area contributed by atoms with Crippen molar-refractivity contribution in [3.63, 3.8) is 0 Å². The van der Waals surface area contributed by atoms with Crippen LogP contribution in [0.5, 0.6) is 0 Å². The number of carbonyl (C=O) groups excluding carboxylic acids is 1. The van der Waals surface area contributed by atoms with Gasteiger partial charge in [0.1, 0.15) is 0 Å². The predicted molar refractivity (Wildman–Crippen MR) is 118 cm³/mol. The van der Waals surface area contributed by atoms with Gasteiger partial charge < -0.3 is 15.3 Å². The lowest BCUT2D eigenvalue weighted by atomic mass is 9.89. The van der Waals surface area contributed by atoms with Gasteiger partial charge >= 0.3 is 0 Å². The van der Waals surface area contributed by atoms with Gasteiger partial charge in [0.15, 0.2) is 0 Å². The van der Waals surface area contributed by atoms with Gasteiger partial charge in [-0.05, 0) is 31.6 Å². The molecule has 7 nitrogen and oxygen atoms in total. The molecule has 1 aliphatic rings. The van der Waals surface area contributed by atoms with E-state index >= 15 is 0 Å². The first-order chi connectivity index (χ1) is 14.1. The minimum absolute atomic E-state index is 0.117. The Kier molecular flexibility index (Phi) is 11.8. The first kappa shape index (κ1) is 26.8. The van der Waals surface area contributed by atoms with Gasteiger partial charge in [-0.1, -0.05) is 50.5 Å². The first-order valence-electron chi connectivity index (χ1n) is 10.9. The fourth-order valence-corrected chi connectivity index (χ4v) is 4.21. The molecule has 1 fully saturated rings. The number of nitrogens with zero attached hydrogens (tertiary/aromatic N) is 1. The fourth-order valence-electron chi connectivity index (χ4n) is 3.75. The molecule has 0 aromatic heterocycles. The van der Waals surface area contributed by atoms with Gasteiger partial charge in [0.2, 0.25) is 15.9 Å². The molecule has 1 rings (SSSR count). The molecule has 0 bridgehead atoms. The SMILES string of the molecule is CCCCC[C@H](O)/C=C/[C@@H]1[C@@H](C/C=C/CCCC(=O)N(C)S(C)(=O)=O)[C@@H](O)C[C@H]1O. The maximum absolute atomic E-state index is 11.8. The Morgan fingerprint density at radius 3 is 2.50 bits per heavy atom. The summed E-state index contributed by atoms with van der Waals surface area (Å²) >= 11 is 0. The summed E-state index contributed by atoms with van der Waals surface area (Å²) in [6.07, 6.45) is 12.8. The topological polar surface area (TPSA) is 115 Å². The molecule has 1 saturated carbocycles. The minimum atomic E-state index is -3.51. The number of carbonyl (C=O) groups is 1. The van der Waals surface area contributed by atoms with Crippen molar-refractivity contribution in [3.05, 3.63) is 24.3 Å². The molecular formula is C22H39NO6S. The average Bonchev–Trinajstić information content (AvgIpc) is 2.94. The second kappa shape index (κ2) is 13.2. The van der Waals surface area contributed by atoms with Crippen molar-refractivity contribution >= 4 is 15.9 Å². The van der Waals surface area contributed by atoms with Crippen molar-refractivity contribution in [2.45, 2.75) is 83.0 Å². The molecule has 0 saturated heterocycles. The maximum Gasteiger partial charge on any atom is 0.235 e. The lowest BCUT2D eigenvalue weighted by Crippen LogP contribution is -2.31. The van der Waals surface area contributed by atoms with Gasteiger partial charge in [0.05, 0.1) is 24.6 Å². The van der Waals surface area contributed by atoms with Crippen LogP contribution in [0.2, 0.25) is 0 Å². The zero-order chi connectivity index (χ0) is 22.7. The van der Waals surface area contributed by atoms with Gasteiger partial charge in [-0.15, -0.1) is 0 Å². The molecule has 0 aromatic carbocycles. The zero-order valence-electron chi connectivity index (χ0n) is 18.5. The second-order valence-electron chi connectivity index (χ2n) is 8.28. The van der Waals surface area contributed by atoms with Crippen molar-refractivity contribution in [3.8, 4) is 0 Å². The second-order valence-corrected chi connectivity index (χ2v) is 10.3. The van der Waals surface area contributed by atoms with Crippen molar-refractivity contribution in [2.75, 3.05) is 13.3 Å². The third-order valence-corrected chi connectivity index (χ3v) is 6.96. The smallest absolute Gasteiger partial charge is 0.235 e. The van der Waals surface area contributed by atoms with Crippen LogP contribution in [0.25, 0.3) is 0 Å². The van der Waals surface area contributed by atoms with Crippen LogP contribution in [-0.2, 0) is 14.8 Å². The number of aliphatic hydroxyl groups is 3. The molecule has 0 aliphatic heterocycles. The van der Waals surface area contributed by atoms with Crippen molar-refractivity contribution in [2.24, 2.45) is 11.8 Å². The number of rotatable bonds is 13. The van der Waals surface area contributed by atoms with Crippen molar-refractivity contribution in [1.29, 1.82) is 0 Å². The molecular weight excluding hydrogens is 406 g/mol. The van der Waals surface area contributed by atoms with Crippen LogP contribution >= 0.6 is 0 Å². The Morgan fingerprint density at radius 1 is 1.17 bits per heavy atom. The Hall–Kier alpha value is -1.22. The first-order valence-corrected chi connectivity index (χ1v) is 12.8. The molecule has 0 aromatic rings. The monoisotopic (exact) mass is 445 g/mol. The molecule has 0 spiro atoms. The molecule has 30 heavy (non-hydrogen) atoms. The Labute approximate surface area is 181 Å². The van der Waals surface area contributed by atoms with Crippen LogP contribution in [0.15, 0.2) is 24.3 Å². The summed E-state index contributed by atoms with van der Waals surface area (Å²) < 4.78 is 23.4. The van der Waals surface area contributed by atoms with E-state index in [1.165, 1.54) is 7.05 Å². The van der Waals surface area contributed by atoms with Crippen molar-refractivity contribution in [1.82, 2.24) is 4.31 Å². The largest absolute Gasteiger partial charge is 0.393 e. The molecule has 8 heteroatoms. The van der Waals surface area contributed by atoms with E-state index < -0.39 is 34.2 Å². The third-order valence-electron chi connectivity index (χ3n) is 5.76. The summed E-state index contributed by atoms with van der Waals surface area (Å²) in [5.74, 6) is -0.744. The molecule has 0 heterocycles. The van der Waals surface area contributed by atoms with Crippen molar-refractivity contribution < 1.29 is 28.5 Å². The quantitative estimate of drug-likeness (QED) is 0.296. The Morgan fingerprint density at radius 2 is 1.87 bits per heavy atom. The molecule has 3 N–H and O–H groups in total. The maximum atomic E-state index is 11.8. The summed E-state index contributed by atoms with van der Waals surface area (Å²) in [5.41, 5.74) is 0. The Bertz CT molecular complexity index is 675. The summed E-state index contributed by atoms with van der Waals surface area (Å²) in [4.78, 5) is 11.8. The average molecular weight is 446 g/mol. The number of aliphatic hydroxyl groups excluding tert-OH is 3. The zero-order valence-corrected chi connectivity index (χ0v) is 19.3. The Balaban J connectivity index is 2.46. The van der Waals surface area contributed by atoms with Gasteiger partial charge in [0, 0.05) is 25.8 Å². The van der Waals surface area contributed by atoms with Gasteiger partial charge in [-0.3, -0.25) is 4.79 Å². The van der Waals surface area contributed by atoms with Crippen LogP contribution in [0.1, 0.15) is 64.7 Å². The van der Waals surface area contributed by atoms with E-state index in [1.54, 1.807) is 6.08 Å².